The fourth-order valence-corrected chi connectivity index (χ4v) is 2.81. The molecule has 0 radical (unpaired) electrons. The second-order valence-electron chi connectivity index (χ2n) is 6.06. The number of hydrogen-bond donors (Lipinski definition) is 3. The van der Waals surface area contributed by atoms with E-state index in [1.165, 1.54) is 0 Å². The molecule has 3 rings (SSSR count). The number of rotatable bonds is 6. The molecule has 128 valence electrons. The molecule has 0 aliphatic carbocycles. The van der Waals surface area contributed by atoms with Gasteiger partial charge in [0.05, 0.1) is 11.4 Å². The first-order chi connectivity index (χ1) is 12.0. The highest BCUT2D eigenvalue weighted by Crippen LogP contribution is 2.15. The van der Waals surface area contributed by atoms with Crippen LogP contribution >= 0.6 is 0 Å². The van der Waals surface area contributed by atoms with Crippen LogP contribution in [-0.2, 0) is 11.2 Å². The third-order valence-electron chi connectivity index (χ3n) is 4.11. The molecule has 0 bridgehead atoms. The summed E-state index contributed by atoms with van der Waals surface area (Å²) in [5, 5.41) is 19.7. The minimum atomic E-state index is -0.936. The van der Waals surface area contributed by atoms with Gasteiger partial charge in [-0.25, -0.2) is 0 Å². The molecule has 0 saturated heterocycles. The van der Waals surface area contributed by atoms with Crippen molar-refractivity contribution in [2.75, 3.05) is 6.54 Å². The van der Waals surface area contributed by atoms with Gasteiger partial charge in [-0.15, -0.1) is 0 Å². The van der Waals surface area contributed by atoms with Crippen molar-refractivity contribution in [3.63, 3.8) is 0 Å². The molecule has 1 heterocycles. The maximum Gasteiger partial charge on any atom is 0.308 e. The standard InChI is InChI=1S/C19H19N3O3/c1-12-5-4-6-13(9-12)10-14(19(24)25)11-20-18(23)17-15-7-2-3-8-16(15)21-22-17/h2-9,14H,10-11H2,1H3,(H,20,23)(H,21,22)(H,24,25). The Morgan fingerprint density at radius 2 is 2.00 bits per heavy atom. The Kier molecular flexibility index (Phi) is 4.79. The number of aryl methyl sites for hydroxylation is 1. The van der Waals surface area contributed by atoms with Crippen molar-refractivity contribution in [2.24, 2.45) is 5.92 Å². The lowest BCUT2D eigenvalue weighted by Gasteiger charge is -2.13. The molecule has 0 spiro atoms. The van der Waals surface area contributed by atoms with E-state index in [0.717, 1.165) is 16.6 Å². The highest BCUT2D eigenvalue weighted by molar-refractivity contribution is 6.04. The van der Waals surface area contributed by atoms with Gasteiger partial charge in [-0.1, -0.05) is 48.0 Å². The molecule has 3 N–H and O–H groups in total. The van der Waals surface area contributed by atoms with Crippen molar-refractivity contribution in [1.82, 2.24) is 15.5 Å². The Hall–Kier alpha value is -3.15. The summed E-state index contributed by atoms with van der Waals surface area (Å²) in [6, 6.07) is 15.0. The van der Waals surface area contributed by atoms with E-state index in [2.05, 4.69) is 15.5 Å². The predicted octanol–water partition coefficient (Wildman–Crippen LogP) is 2.54. The summed E-state index contributed by atoms with van der Waals surface area (Å²) in [4.78, 5) is 23.9. The Morgan fingerprint density at radius 1 is 1.20 bits per heavy atom. The normalized spacial score (nSPS) is 12.0. The fraction of sp³-hybridized carbons (Fsp3) is 0.211. The smallest absolute Gasteiger partial charge is 0.308 e. The molecule has 3 aromatic rings. The molecule has 1 unspecified atom stereocenters. The zero-order valence-electron chi connectivity index (χ0n) is 13.8. The number of nitrogens with one attached hydrogen (secondary N) is 2. The molecule has 1 atom stereocenters. The van der Waals surface area contributed by atoms with Crippen LogP contribution in [0.15, 0.2) is 48.5 Å². The van der Waals surface area contributed by atoms with Crippen LogP contribution in [-0.4, -0.2) is 33.7 Å². The minimum Gasteiger partial charge on any atom is -0.481 e. The topological polar surface area (TPSA) is 95.1 Å². The van der Waals surface area contributed by atoms with E-state index >= 15 is 0 Å². The van der Waals surface area contributed by atoms with Crippen molar-refractivity contribution < 1.29 is 14.7 Å². The third kappa shape index (κ3) is 3.85. The molecule has 0 fully saturated rings. The van der Waals surface area contributed by atoms with E-state index in [1.54, 1.807) is 6.07 Å². The number of benzene rings is 2. The lowest BCUT2D eigenvalue weighted by molar-refractivity contribution is -0.141. The molecule has 1 aromatic heterocycles. The summed E-state index contributed by atoms with van der Waals surface area (Å²) in [6.07, 6.45) is 0.360. The van der Waals surface area contributed by atoms with Gasteiger partial charge < -0.3 is 10.4 Å². The SMILES string of the molecule is Cc1cccc(CC(CNC(=O)c2n[nH]c3ccccc23)C(=O)O)c1. The van der Waals surface area contributed by atoms with Gasteiger partial charge in [0.15, 0.2) is 5.69 Å². The monoisotopic (exact) mass is 337 g/mol. The second kappa shape index (κ2) is 7.17. The highest BCUT2D eigenvalue weighted by atomic mass is 16.4. The molecule has 25 heavy (non-hydrogen) atoms. The average molecular weight is 337 g/mol. The number of hydrogen-bond acceptors (Lipinski definition) is 3. The first-order valence-corrected chi connectivity index (χ1v) is 8.04. The van der Waals surface area contributed by atoms with Crippen LogP contribution in [0.25, 0.3) is 10.9 Å². The zero-order chi connectivity index (χ0) is 17.8. The van der Waals surface area contributed by atoms with Gasteiger partial charge >= 0.3 is 5.97 Å². The van der Waals surface area contributed by atoms with Gasteiger partial charge in [0.2, 0.25) is 0 Å². The number of amides is 1. The Labute approximate surface area is 144 Å². The lowest BCUT2D eigenvalue weighted by Crippen LogP contribution is -2.34. The third-order valence-corrected chi connectivity index (χ3v) is 4.11. The maximum absolute atomic E-state index is 12.4. The largest absolute Gasteiger partial charge is 0.481 e. The van der Waals surface area contributed by atoms with Crippen LogP contribution in [0.5, 0.6) is 0 Å². The van der Waals surface area contributed by atoms with Crippen LogP contribution in [0, 0.1) is 12.8 Å². The van der Waals surface area contributed by atoms with Crippen molar-refractivity contribution in [1.29, 1.82) is 0 Å². The van der Waals surface area contributed by atoms with E-state index in [4.69, 9.17) is 0 Å². The molecular weight excluding hydrogens is 318 g/mol. The van der Waals surface area contributed by atoms with E-state index in [9.17, 15) is 14.7 Å². The van der Waals surface area contributed by atoms with Crippen LogP contribution in [0.2, 0.25) is 0 Å². The summed E-state index contributed by atoms with van der Waals surface area (Å²) >= 11 is 0. The average Bonchev–Trinajstić information content (AvgIpc) is 3.02. The van der Waals surface area contributed by atoms with Gasteiger partial charge in [0.1, 0.15) is 0 Å². The molecule has 0 aliphatic heterocycles. The number of aromatic nitrogens is 2. The molecule has 1 amide bonds. The van der Waals surface area contributed by atoms with Gasteiger partial charge in [0, 0.05) is 11.9 Å². The first kappa shape index (κ1) is 16.7. The van der Waals surface area contributed by atoms with Crippen LogP contribution in [0.1, 0.15) is 21.6 Å². The fourth-order valence-electron chi connectivity index (χ4n) is 2.81. The van der Waals surface area contributed by atoms with Crippen LogP contribution < -0.4 is 5.32 Å². The summed E-state index contributed by atoms with van der Waals surface area (Å²) in [7, 11) is 0. The molecule has 0 saturated carbocycles. The predicted molar refractivity (Wildman–Crippen MR) is 94.4 cm³/mol. The van der Waals surface area contributed by atoms with Crippen molar-refractivity contribution in [2.45, 2.75) is 13.3 Å². The number of carbonyl (C=O) groups is 2. The number of carboxylic acid groups (broad SMARTS) is 1. The van der Waals surface area contributed by atoms with Crippen molar-refractivity contribution in [3.05, 3.63) is 65.4 Å². The highest BCUT2D eigenvalue weighted by Gasteiger charge is 2.21. The number of H-pyrrole nitrogens is 1. The lowest BCUT2D eigenvalue weighted by atomic mass is 9.98. The van der Waals surface area contributed by atoms with Crippen LogP contribution in [0.4, 0.5) is 0 Å². The molecular formula is C19H19N3O3. The van der Waals surface area contributed by atoms with E-state index in [1.807, 2.05) is 49.4 Å². The second-order valence-corrected chi connectivity index (χ2v) is 6.06. The van der Waals surface area contributed by atoms with Crippen LogP contribution in [0.3, 0.4) is 0 Å². The van der Waals surface area contributed by atoms with E-state index < -0.39 is 11.9 Å². The number of carboxylic acids is 1. The molecule has 6 nitrogen and oxygen atoms in total. The number of nitrogens with zero attached hydrogens (tertiary/aromatic N) is 1. The van der Waals surface area contributed by atoms with Gasteiger partial charge in [0.25, 0.3) is 5.91 Å². The van der Waals surface area contributed by atoms with Gasteiger partial charge in [-0.3, -0.25) is 14.7 Å². The summed E-state index contributed by atoms with van der Waals surface area (Å²) in [5.74, 6) is -2.02. The maximum atomic E-state index is 12.4. The molecule has 2 aromatic carbocycles. The Balaban J connectivity index is 1.69. The Bertz CT molecular complexity index is 917. The number of aliphatic carboxylic acids is 1. The van der Waals surface area contributed by atoms with Gasteiger partial charge in [-0.05, 0) is 25.0 Å². The summed E-state index contributed by atoms with van der Waals surface area (Å²) < 4.78 is 0. The summed E-state index contributed by atoms with van der Waals surface area (Å²) in [6.45, 7) is 2.01. The zero-order valence-corrected chi connectivity index (χ0v) is 13.8. The van der Waals surface area contributed by atoms with Gasteiger partial charge in [-0.2, -0.15) is 5.10 Å². The Morgan fingerprint density at radius 3 is 2.76 bits per heavy atom. The first-order valence-electron chi connectivity index (χ1n) is 8.04. The summed E-state index contributed by atoms with van der Waals surface area (Å²) in [5.41, 5.74) is 3.05. The van der Waals surface area contributed by atoms with Crippen molar-refractivity contribution >= 4 is 22.8 Å². The van der Waals surface area contributed by atoms with E-state index in [-0.39, 0.29) is 18.1 Å². The quantitative estimate of drug-likeness (QED) is 0.644. The van der Waals surface area contributed by atoms with Crippen molar-refractivity contribution in [3.8, 4) is 0 Å². The number of aromatic amines is 1. The number of para-hydroxylation sites is 1. The molecule has 0 aliphatic rings. The molecule has 6 heteroatoms. The minimum absolute atomic E-state index is 0.0449. The number of carbonyl (C=O) groups excluding carboxylic acids is 1. The number of fused-ring (bicyclic) bond motifs is 1. The van der Waals surface area contributed by atoms with E-state index in [0.29, 0.717) is 11.8 Å².